The van der Waals surface area contributed by atoms with E-state index in [-0.39, 0.29) is 11.5 Å². The van der Waals surface area contributed by atoms with Crippen LogP contribution in [0.3, 0.4) is 0 Å². The molecule has 0 aliphatic carbocycles. The lowest BCUT2D eigenvalue weighted by Crippen LogP contribution is -2.46. The van der Waals surface area contributed by atoms with Gasteiger partial charge in [-0.05, 0) is 55.2 Å². The number of fused-ring (bicyclic) bond motifs is 1. The molecule has 1 aliphatic rings. The van der Waals surface area contributed by atoms with Gasteiger partial charge in [0.05, 0.1) is 23.1 Å². The van der Waals surface area contributed by atoms with E-state index in [1.165, 1.54) is 0 Å². The Bertz CT molecular complexity index is 1390. The lowest BCUT2D eigenvalue weighted by molar-refractivity contribution is -0.139. The number of benzene rings is 3. The smallest absolute Gasteiger partial charge is 0.338 e. The van der Waals surface area contributed by atoms with Gasteiger partial charge in [-0.1, -0.05) is 48.5 Å². The first-order valence-corrected chi connectivity index (χ1v) is 12.6. The van der Waals surface area contributed by atoms with Gasteiger partial charge in [0.2, 0.25) is 0 Å². The molecule has 7 nitrogen and oxygen atoms in total. The van der Waals surface area contributed by atoms with Crippen molar-refractivity contribution in [1.29, 1.82) is 0 Å². The molecule has 0 radical (unpaired) electrons. The fourth-order valence-electron chi connectivity index (χ4n) is 3.94. The summed E-state index contributed by atoms with van der Waals surface area (Å²) in [6.45, 7) is 3.83. The number of ether oxygens (including phenoxy) is 1. The summed E-state index contributed by atoms with van der Waals surface area (Å²) < 4.78 is 34.2. The molecule has 0 saturated heterocycles. The third-order valence-electron chi connectivity index (χ3n) is 5.78. The molecule has 0 aromatic heterocycles. The van der Waals surface area contributed by atoms with Crippen LogP contribution < -0.4 is 10.0 Å². The third kappa shape index (κ3) is 4.49. The zero-order valence-corrected chi connectivity index (χ0v) is 20.7. The van der Waals surface area contributed by atoms with Crippen molar-refractivity contribution in [1.82, 2.24) is 10.2 Å². The van der Waals surface area contributed by atoms with Crippen LogP contribution in [0.4, 0.5) is 5.69 Å². The van der Waals surface area contributed by atoms with E-state index in [0.717, 1.165) is 10.9 Å². The average Bonchev–Trinajstić information content (AvgIpc) is 2.82. The van der Waals surface area contributed by atoms with Gasteiger partial charge in [0.25, 0.3) is 10.0 Å². The highest BCUT2D eigenvalue weighted by molar-refractivity contribution is 7.93. The van der Waals surface area contributed by atoms with Crippen LogP contribution in [0.25, 0.3) is 10.8 Å². The minimum atomic E-state index is -3.81. The number of carbonyl (C=O) groups excluding carboxylic acids is 1. The highest BCUT2D eigenvalue weighted by Crippen LogP contribution is 2.32. The van der Waals surface area contributed by atoms with E-state index in [1.54, 1.807) is 61.3 Å². The number of allylic oxidation sites excluding steroid dienone is 1. The number of carbonyl (C=O) groups is 1. The SMILES string of the molecule is CCOC(=O)C1=C(C)N(C)C(=S)NC1c1ccc(NS(=O)(=O)c2cccc3ccccc23)cc1. The normalized spacial score (nSPS) is 16.4. The van der Waals surface area contributed by atoms with E-state index >= 15 is 0 Å². The second-order valence-corrected chi connectivity index (χ2v) is 9.90. The standard InChI is InChI=1S/C25H25N3O4S2/c1-4-32-24(29)22-16(2)28(3)25(33)26-23(22)18-12-14-19(15-13-18)27-34(30,31)21-11-7-9-17-8-5-6-10-20(17)21/h5-15,23,27H,4H2,1-3H3,(H,26,33). The van der Waals surface area contributed by atoms with Crippen molar-refractivity contribution < 1.29 is 17.9 Å². The predicted molar refractivity (Wildman–Crippen MR) is 137 cm³/mol. The van der Waals surface area contributed by atoms with Gasteiger partial charge in [-0.2, -0.15) is 0 Å². The first-order valence-electron chi connectivity index (χ1n) is 10.8. The Morgan fingerprint density at radius 1 is 1.09 bits per heavy atom. The summed E-state index contributed by atoms with van der Waals surface area (Å²) in [4.78, 5) is 14.6. The predicted octanol–water partition coefficient (Wildman–Crippen LogP) is 4.34. The summed E-state index contributed by atoms with van der Waals surface area (Å²) in [7, 11) is -2.03. The largest absolute Gasteiger partial charge is 0.463 e. The first kappa shape index (κ1) is 23.7. The van der Waals surface area contributed by atoms with Gasteiger partial charge in [0, 0.05) is 23.8 Å². The van der Waals surface area contributed by atoms with E-state index in [4.69, 9.17) is 17.0 Å². The number of sulfonamides is 1. The molecular weight excluding hydrogens is 470 g/mol. The molecule has 176 valence electrons. The van der Waals surface area contributed by atoms with Crippen molar-refractivity contribution in [3.63, 3.8) is 0 Å². The van der Waals surface area contributed by atoms with Crippen LogP contribution in [0.2, 0.25) is 0 Å². The van der Waals surface area contributed by atoms with Crippen molar-refractivity contribution in [2.24, 2.45) is 0 Å². The Morgan fingerprint density at radius 2 is 1.76 bits per heavy atom. The molecule has 9 heteroatoms. The Hall–Kier alpha value is -3.43. The van der Waals surface area contributed by atoms with Gasteiger partial charge in [-0.3, -0.25) is 4.72 Å². The minimum absolute atomic E-state index is 0.208. The molecule has 1 heterocycles. The van der Waals surface area contributed by atoms with Crippen LogP contribution in [0.1, 0.15) is 25.5 Å². The van der Waals surface area contributed by atoms with Crippen molar-refractivity contribution in [2.75, 3.05) is 18.4 Å². The van der Waals surface area contributed by atoms with Gasteiger partial charge in [0.15, 0.2) is 5.11 Å². The maximum atomic E-state index is 13.1. The monoisotopic (exact) mass is 495 g/mol. The molecule has 3 aromatic carbocycles. The summed E-state index contributed by atoms with van der Waals surface area (Å²) >= 11 is 5.41. The summed E-state index contributed by atoms with van der Waals surface area (Å²) in [5.41, 5.74) is 2.33. The average molecular weight is 496 g/mol. The topological polar surface area (TPSA) is 87.7 Å². The van der Waals surface area contributed by atoms with E-state index in [2.05, 4.69) is 10.0 Å². The van der Waals surface area contributed by atoms with Gasteiger partial charge in [-0.25, -0.2) is 13.2 Å². The van der Waals surface area contributed by atoms with E-state index in [9.17, 15) is 13.2 Å². The van der Waals surface area contributed by atoms with Crippen molar-refractivity contribution >= 4 is 49.8 Å². The molecule has 2 N–H and O–H groups in total. The van der Waals surface area contributed by atoms with Crippen LogP contribution >= 0.6 is 12.2 Å². The Morgan fingerprint density at radius 3 is 2.47 bits per heavy atom. The lowest BCUT2D eigenvalue weighted by atomic mass is 9.95. The molecule has 34 heavy (non-hydrogen) atoms. The van der Waals surface area contributed by atoms with Crippen LogP contribution in [-0.2, 0) is 19.6 Å². The summed E-state index contributed by atoms with van der Waals surface area (Å²) in [6, 6.07) is 18.9. The molecule has 1 atom stereocenters. The molecule has 0 spiro atoms. The quantitative estimate of drug-likeness (QED) is 0.389. The summed E-state index contributed by atoms with van der Waals surface area (Å²) in [5.74, 6) is -0.424. The van der Waals surface area contributed by atoms with Crippen LogP contribution in [0, 0.1) is 0 Å². The Balaban J connectivity index is 1.64. The second-order valence-electron chi connectivity index (χ2n) is 7.87. The van der Waals surface area contributed by atoms with Gasteiger partial charge in [0.1, 0.15) is 0 Å². The maximum Gasteiger partial charge on any atom is 0.338 e. The zero-order valence-electron chi connectivity index (χ0n) is 19.0. The van der Waals surface area contributed by atoms with Crippen LogP contribution in [0.5, 0.6) is 0 Å². The zero-order chi connectivity index (χ0) is 24.5. The van der Waals surface area contributed by atoms with E-state index < -0.39 is 22.0 Å². The second kappa shape index (κ2) is 9.44. The van der Waals surface area contributed by atoms with Crippen LogP contribution in [0.15, 0.2) is 82.9 Å². The molecule has 4 rings (SSSR count). The van der Waals surface area contributed by atoms with Gasteiger partial charge >= 0.3 is 5.97 Å². The number of hydrogen-bond donors (Lipinski definition) is 2. The third-order valence-corrected chi connectivity index (χ3v) is 7.62. The minimum Gasteiger partial charge on any atom is -0.463 e. The van der Waals surface area contributed by atoms with Crippen molar-refractivity contribution in [3.05, 3.63) is 83.6 Å². The number of nitrogens with zero attached hydrogens (tertiary/aromatic N) is 1. The number of thiocarbonyl (C=S) groups is 1. The number of esters is 1. The highest BCUT2D eigenvalue weighted by Gasteiger charge is 2.33. The maximum absolute atomic E-state index is 13.1. The fourth-order valence-corrected chi connectivity index (χ4v) is 5.49. The number of nitrogens with one attached hydrogen (secondary N) is 2. The van der Waals surface area contributed by atoms with E-state index in [0.29, 0.717) is 27.5 Å². The van der Waals surface area contributed by atoms with Gasteiger partial charge < -0.3 is 15.0 Å². The summed E-state index contributed by atoms with van der Waals surface area (Å²) in [5, 5.41) is 5.16. The summed E-state index contributed by atoms with van der Waals surface area (Å²) in [6.07, 6.45) is 0. The van der Waals surface area contributed by atoms with Crippen LogP contribution in [-0.4, -0.2) is 38.1 Å². The van der Waals surface area contributed by atoms with Crippen molar-refractivity contribution in [3.8, 4) is 0 Å². The fraction of sp³-hybridized carbons (Fsp3) is 0.200. The molecule has 0 bridgehead atoms. The molecule has 0 fully saturated rings. The van der Waals surface area contributed by atoms with Crippen molar-refractivity contribution in [2.45, 2.75) is 24.8 Å². The number of rotatable bonds is 6. The van der Waals surface area contributed by atoms with E-state index in [1.807, 2.05) is 31.2 Å². The molecule has 0 amide bonds. The first-order chi connectivity index (χ1) is 16.2. The molecule has 1 aliphatic heterocycles. The highest BCUT2D eigenvalue weighted by atomic mass is 32.2. The molecular formula is C25H25N3O4S2. The molecule has 0 saturated carbocycles. The number of hydrogen-bond acceptors (Lipinski definition) is 5. The Labute approximate surface area is 204 Å². The lowest BCUT2D eigenvalue weighted by Gasteiger charge is -2.35. The van der Waals surface area contributed by atoms with Gasteiger partial charge in [-0.15, -0.1) is 0 Å². The molecule has 1 unspecified atom stereocenters. The Kier molecular flexibility index (Phi) is 6.58. The number of anilines is 1. The molecule has 3 aromatic rings.